The summed E-state index contributed by atoms with van der Waals surface area (Å²) in [5, 5.41) is 11.1. The van der Waals surface area contributed by atoms with Crippen LogP contribution < -0.4 is 5.32 Å². The zero-order chi connectivity index (χ0) is 9.84. The summed E-state index contributed by atoms with van der Waals surface area (Å²) in [5.74, 6) is -0.000567. The van der Waals surface area contributed by atoms with E-state index in [1.54, 1.807) is 12.2 Å². The molecule has 1 aliphatic rings. The third-order valence-corrected chi connectivity index (χ3v) is 1.85. The molecule has 1 amide bonds. The van der Waals surface area contributed by atoms with Crippen LogP contribution in [0.25, 0.3) is 0 Å². The second-order valence-corrected chi connectivity index (χ2v) is 2.79. The Labute approximate surface area is 75.6 Å². The number of aliphatic carboxylic acids is 1. The summed E-state index contributed by atoms with van der Waals surface area (Å²) in [4.78, 5) is 21.2. The van der Waals surface area contributed by atoms with Crippen LogP contribution in [0.1, 0.15) is 6.42 Å². The van der Waals surface area contributed by atoms with Gasteiger partial charge in [0.05, 0.1) is 5.92 Å². The van der Waals surface area contributed by atoms with Crippen LogP contribution in [0.4, 0.5) is 0 Å². The van der Waals surface area contributed by atoms with Crippen molar-refractivity contribution in [3.8, 4) is 12.3 Å². The van der Waals surface area contributed by atoms with Crippen molar-refractivity contribution >= 4 is 11.9 Å². The first-order valence-corrected chi connectivity index (χ1v) is 3.81. The van der Waals surface area contributed by atoms with E-state index in [0.29, 0.717) is 6.42 Å². The van der Waals surface area contributed by atoms with Crippen LogP contribution in [0.15, 0.2) is 12.2 Å². The van der Waals surface area contributed by atoms with Gasteiger partial charge in [-0.25, -0.2) is 0 Å². The molecule has 68 valence electrons. The zero-order valence-corrected chi connectivity index (χ0v) is 6.86. The van der Waals surface area contributed by atoms with Crippen LogP contribution in [0.3, 0.4) is 0 Å². The van der Waals surface area contributed by atoms with Crippen molar-refractivity contribution < 1.29 is 14.7 Å². The third-order valence-electron chi connectivity index (χ3n) is 1.85. The van der Waals surface area contributed by atoms with Gasteiger partial charge in [-0.15, -0.1) is 6.42 Å². The molecular formula is C9H9NO3. The Bertz CT molecular complexity index is 300. The monoisotopic (exact) mass is 179 g/mol. The zero-order valence-electron chi connectivity index (χ0n) is 6.86. The molecule has 4 heteroatoms. The molecule has 0 spiro atoms. The summed E-state index contributed by atoms with van der Waals surface area (Å²) < 4.78 is 0. The Balaban J connectivity index is 2.44. The Morgan fingerprint density at radius 2 is 2.23 bits per heavy atom. The summed E-state index contributed by atoms with van der Waals surface area (Å²) in [7, 11) is 0. The molecule has 0 heterocycles. The molecule has 13 heavy (non-hydrogen) atoms. The number of terminal acetylenes is 1. The van der Waals surface area contributed by atoms with E-state index in [0.717, 1.165) is 0 Å². The quantitative estimate of drug-likeness (QED) is 0.454. The minimum Gasteiger partial charge on any atom is -0.481 e. The molecule has 1 aliphatic carbocycles. The molecule has 4 nitrogen and oxygen atoms in total. The summed E-state index contributed by atoms with van der Waals surface area (Å²) >= 11 is 0. The average molecular weight is 179 g/mol. The number of carboxylic acids is 1. The highest BCUT2D eigenvalue weighted by molar-refractivity contribution is 5.93. The summed E-state index contributed by atoms with van der Waals surface area (Å²) in [6, 6.07) is -0.246. The van der Waals surface area contributed by atoms with Gasteiger partial charge >= 0.3 is 5.97 Å². The van der Waals surface area contributed by atoms with E-state index in [1.165, 1.54) is 0 Å². The molecule has 2 atom stereocenters. The highest BCUT2D eigenvalue weighted by Gasteiger charge is 2.24. The fraction of sp³-hybridized carbons (Fsp3) is 0.333. The van der Waals surface area contributed by atoms with Crippen LogP contribution in [-0.2, 0) is 9.59 Å². The second-order valence-electron chi connectivity index (χ2n) is 2.79. The second kappa shape index (κ2) is 3.76. The van der Waals surface area contributed by atoms with Crippen molar-refractivity contribution in [2.24, 2.45) is 5.92 Å². The maximum Gasteiger partial charge on any atom is 0.310 e. The number of amides is 1. The van der Waals surface area contributed by atoms with Gasteiger partial charge in [-0.3, -0.25) is 9.59 Å². The Hall–Kier alpha value is -1.76. The molecule has 0 aromatic heterocycles. The first-order valence-electron chi connectivity index (χ1n) is 3.81. The number of carboxylic acid groups (broad SMARTS) is 1. The normalized spacial score (nSPS) is 25.2. The smallest absolute Gasteiger partial charge is 0.310 e. The van der Waals surface area contributed by atoms with Gasteiger partial charge in [0, 0.05) is 6.04 Å². The van der Waals surface area contributed by atoms with Gasteiger partial charge in [0.15, 0.2) is 0 Å². The molecule has 0 aromatic carbocycles. The van der Waals surface area contributed by atoms with Crippen LogP contribution in [0.5, 0.6) is 0 Å². The maximum absolute atomic E-state index is 10.7. The van der Waals surface area contributed by atoms with Crippen molar-refractivity contribution in [3.05, 3.63) is 12.2 Å². The van der Waals surface area contributed by atoms with E-state index in [-0.39, 0.29) is 6.04 Å². The topological polar surface area (TPSA) is 66.4 Å². The standard InChI is InChI=1S/C9H9NO3/c1-2-8(11)10-7-4-3-6(5-7)9(12)13/h1,3-4,6-7H,5H2,(H,10,11)(H,12,13). The van der Waals surface area contributed by atoms with Crippen molar-refractivity contribution in [3.63, 3.8) is 0 Å². The molecule has 0 bridgehead atoms. The molecular weight excluding hydrogens is 170 g/mol. The van der Waals surface area contributed by atoms with Crippen LogP contribution in [-0.4, -0.2) is 23.0 Å². The van der Waals surface area contributed by atoms with Crippen LogP contribution in [0.2, 0.25) is 0 Å². The van der Waals surface area contributed by atoms with Crippen molar-refractivity contribution in [2.45, 2.75) is 12.5 Å². The van der Waals surface area contributed by atoms with Gasteiger partial charge in [0.25, 0.3) is 5.91 Å². The molecule has 2 N–H and O–H groups in total. The van der Waals surface area contributed by atoms with E-state index in [9.17, 15) is 9.59 Å². The maximum atomic E-state index is 10.7. The Morgan fingerprint density at radius 3 is 2.69 bits per heavy atom. The van der Waals surface area contributed by atoms with Gasteiger partial charge < -0.3 is 10.4 Å². The van der Waals surface area contributed by atoms with Gasteiger partial charge in [0.1, 0.15) is 0 Å². The number of hydrogen-bond acceptors (Lipinski definition) is 2. The molecule has 0 radical (unpaired) electrons. The van der Waals surface area contributed by atoms with E-state index >= 15 is 0 Å². The number of nitrogens with one attached hydrogen (secondary N) is 1. The number of rotatable bonds is 2. The molecule has 2 unspecified atom stereocenters. The minimum atomic E-state index is -0.881. The van der Waals surface area contributed by atoms with Gasteiger partial charge in [0.2, 0.25) is 0 Å². The van der Waals surface area contributed by atoms with Crippen LogP contribution in [0, 0.1) is 18.3 Å². The molecule has 0 saturated carbocycles. The summed E-state index contributed by atoms with van der Waals surface area (Å²) in [6.07, 6.45) is 8.43. The van der Waals surface area contributed by atoms with Gasteiger partial charge in [-0.1, -0.05) is 12.2 Å². The highest BCUT2D eigenvalue weighted by Crippen LogP contribution is 2.17. The summed E-state index contributed by atoms with van der Waals surface area (Å²) in [5.41, 5.74) is 0. The lowest BCUT2D eigenvalue weighted by Crippen LogP contribution is -2.32. The van der Waals surface area contributed by atoms with E-state index in [2.05, 4.69) is 5.32 Å². The van der Waals surface area contributed by atoms with E-state index < -0.39 is 17.8 Å². The fourth-order valence-electron chi connectivity index (χ4n) is 1.20. The lowest BCUT2D eigenvalue weighted by Gasteiger charge is -2.08. The van der Waals surface area contributed by atoms with E-state index in [1.807, 2.05) is 5.92 Å². The summed E-state index contributed by atoms with van der Waals surface area (Å²) in [6.45, 7) is 0. The predicted octanol–water partition coefficient (Wildman–Crippen LogP) is -0.235. The third kappa shape index (κ3) is 2.34. The molecule has 0 aliphatic heterocycles. The lowest BCUT2D eigenvalue weighted by molar-refractivity contribution is -0.140. The van der Waals surface area contributed by atoms with Crippen molar-refractivity contribution in [2.75, 3.05) is 0 Å². The predicted molar refractivity (Wildman–Crippen MR) is 45.6 cm³/mol. The number of carbonyl (C=O) groups excluding carboxylic acids is 1. The average Bonchev–Trinajstić information content (AvgIpc) is 2.52. The largest absolute Gasteiger partial charge is 0.481 e. The van der Waals surface area contributed by atoms with Gasteiger partial charge in [-0.2, -0.15) is 0 Å². The fourth-order valence-corrected chi connectivity index (χ4v) is 1.20. The Kier molecular flexibility index (Phi) is 2.70. The SMILES string of the molecule is C#CC(=O)NC1C=CC(C(=O)O)C1. The van der Waals surface area contributed by atoms with Crippen molar-refractivity contribution in [1.82, 2.24) is 5.32 Å². The number of hydrogen-bond donors (Lipinski definition) is 2. The lowest BCUT2D eigenvalue weighted by atomic mass is 10.1. The first kappa shape index (κ1) is 9.33. The molecule has 0 fully saturated rings. The van der Waals surface area contributed by atoms with Gasteiger partial charge in [-0.05, 0) is 12.3 Å². The van der Waals surface area contributed by atoms with E-state index in [4.69, 9.17) is 11.5 Å². The molecule has 0 saturated heterocycles. The Morgan fingerprint density at radius 1 is 1.54 bits per heavy atom. The first-order chi connectivity index (χ1) is 6.13. The number of carbonyl (C=O) groups is 2. The molecule has 0 aromatic rings. The van der Waals surface area contributed by atoms with Crippen molar-refractivity contribution in [1.29, 1.82) is 0 Å². The highest BCUT2D eigenvalue weighted by atomic mass is 16.4. The minimum absolute atomic E-state index is 0.246. The van der Waals surface area contributed by atoms with Crippen LogP contribution >= 0.6 is 0 Å². The molecule has 1 rings (SSSR count).